The molecule has 0 aromatic heterocycles. The summed E-state index contributed by atoms with van der Waals surface area (Å²) < 4.78 is 5.90. The van der Waals surface area contributed by atoms with Crippen LogP contribution in [0.4, 0.5) is 0 Å². The van der Waals surface area contributed by atoms with Crippen molar-refractivity contribution in [2.45, 2.75) is 38.2 Å². The van der Waals surface area contributed by atoms with E-state index >= 15 is 0 Å². The molecule has 0 spiro atoms. The van der Waals surface area contributed by atoms with Gasteiger partial charge in [0, 0.05) is 10.9 Å². The van der Waals surface area contributed by atoms with Gasteiger partial charge in [0.15, 0.2) is 0 Å². The topological polar surface area (TPSA) is 46.5 Å². The van der Waals surface area contributed by atoms with Crippen molar-refractivity contribution in [3.63, 3.8) is 0 Å². The van der Waals surface area contributed by atoms with Gasteiger partial charge in [0.1, 0.15) is 11.9 Å². The number of carboxylic acid groups (broad SMARTS) is 1. The maximum Gasteiger partial charge on any atom is 0.303 e. The van der Waals surface area contributed by atoms with E-state index in [1.165, 1.54) is 0 Å². The van der Waals surface area contributed by atoms with Crippen LogP contribution >= 0.6 is 11.6 Å². The number of carbonyl (C=O) groups is 1. The van der Waals surface area contributed by atoms with Crippen molar-refractivity contribution in [1.82, 2.24) is 0 Å². The Morgan fingerprint density at radius 3 is 2.61 bits per heavy atom. The summed E-state index contributed by atoms with van der Waals surface area (Å²) >= 11 is 5.82. The van der Waals surface area contributed by atoms with Crippen LogP contribution in [-0.4, -0.2) is 17.2 Å². The van der Waals surface area contributed by atoms with Gasteiger partial charge in [-0.1, -0.05) is 18.0 Å². The summed E-state index contributed by atoms with van der Waals surface area (Å²) in [6, 6.07) is 7.22. The van der Waals surface area contributed by atoms with Crippen LogP contribution in [0.25, 0.3) is 0 Å². The second kappa shape index (κ2) is 6.10. The van der Waals surface area contributed by atoms with E-state index < -0.39 is 5.97 Å². The van der Waals surface area contributed by atoms with Gasteiger partial charge in [0.05, 0.1) is 6.42 Å². The molecule has 3 nitrogen and oxygen atoms in total. The highest BCUT2D eigenvalue weighted by Gasteiger charge is 2.28. The summed E-state index contributed by atoms with van der Waals surface area (Å²) in [6.07, 6.45) is 4.27. The molecule has 1 aliphatic rings. The van der Waals surface area contributed by atoms with E-state index in [1.807, 2.05) is 12.1 Å². The minimum Gasteiger partial charge on any atom is -0.490 e. The zero-order valence-electron chi connectivity index (χ0n) is 10.1. The fourth-order valence-electron chi connectivity index (χ4n) is 2.47. The molecule has 4 heteroatoms. The van der Waals surface area contributed by atoms with Gasteiger partial charge in [-0.2, -0.15) is 0 Å². The molecule has 0 bridgehead atoms. The Balaban J connectivity index is 2.00. The number of halogens is 1. The van der Waals surface area contributed by atoms with Crippen LogP contribution in [0.1, 0.15) is 32.1 Å². The Morgan fingerprint density at radius 2 is 1.94 bits per heavy atom. The molecule has 1 saturated carbocycles. The van der Waals surface area contributed by atoms with E-state index in [-0.39, 0.29) is 18.4 Å². The van der Waals surface area contributed by atoms with Gasteiger partial charge in [-0.25, -0.2) is 0 Å². The maximum absolute atomic E-state index is 10.8. The molecule has 0 radical (unpaired) electrons. The summed E-state index contributed by atoms with van der Waals surface area (Å²) in [4.78, 5) is 10.8. The van der Waals surface area contributed by atoms with Crippen LogP contribution in [0.5, 0.6) is 5.75 Å². The average molecular weight is 269 g/mol. The molecule has 1 fully saturated rings. The second-order valence-electron chi connectivity index (χ2n) is 4.75. The largest absolute Gasteiger partial charge is 0.490 e. The fourth-order valence-corrected chi connectivity index (χ4v) is 2.60. The molecule has 1 N–H and O–H groups in total. The molecular weight excluding hydrogens is 252 g/mol. The Morgan fingerprint density at radius 1 is 1.28 bits per heavy atom. The molecule has 0 amide bonds. The van der Waals surface area contributed by atoms with Crippen LogP contribution < -0.4 is 4.74 Å². The quantitative estimate of drug-likeness (QED) is 0.905. The molecule has 1 aromatic rings. The summed E-state index contributed by atoms with van der Waals surface area (Å²) in [5, 5.41) is 9.59. The molecule has 1 aromatic carbocycles. The Bertz CT molecular complexity index is 402. The first-order valence-corrected chi connectivity index (χ1v) is 6.67. The molecule has 2 atom stereocenters. The van der Waals surface area contributed by atoms with Gasteiger partial charge in [-0.15, -0.1) is 0 Å². The van der Waals surface area contributed by atoms with Gasteiger partial charge in [-0.3, -0.25) is 4.79 Å². The van der Waals surface area contributed by atoms with Crippen molar-refractivity contribution < 1.29 is 14.6 Å². The summed E-state index contributed by atoms with van der Waals surface area (Å²) in [7, 11) is 0. The minimum atomic E-state index is -0.744. The van der Waals surface area contributed by atoms with E-state index in [2.05, 4.69) is 0 Å². The molecule has 1 aliphatic carbocycles. The Hall–Kier alpha value is -1.22. The zero-order chi connectivity index (χ0) is 13.0. The molecule has 0 saturated heterocycles. The molecule has 98 valence electrons. The molecule has 0 aliphatic heterocycles. The normalized spacial score (nSPS) is 23.6. The Kier molecular flexibility index (Phi) is 4.48. The average Bonchev–Trinajstić information content (AvgIpc) is 2.34. The van der Waals surface area contributed by atoms with Gasteiger partial charge in [0.2, 0.25) is 0 Å². The van der Waals surface area contributed by atoms with Crippen molar-refractivity contribution in [1.29, 1.82) is 0 Å². The summed E-state index contributed by atoms with van der Waals surface area (Å²) in [5.74, 6) is 0.139. The van der Waals surface area contributed by atoms with Crippen molar-refractivity contribution in [2.75, 3.05) is 0 Å². The molecule has 0 heterocycles. The third-order valence-electron chi connectivity index (χ3n) is 3.38. The van der Waals surface area contributed by atoms with Crippen molar-refractivity contribution >= 4 is 17.6 Å². The van der Waals surface area contributed by atoms with E-state index in [4.69, 9.17) is 21.4 Å². The lowest BCUT2D eigenvalue weighted by molar-refractivity contribution is -0.139. The number of benzene rings is 1. The van der Waals surface area contributed by atoms with Crippen LogP contribution in [0.2, 0.25) is 5.02 Å². The number of carboxylic acids is 1. The predicted molar refractivity (Wildman–Crippen MR) is 70.1 cm³/mol. The fraction of sp³-hybridized carbons (Fsp3) is 0.500. The van der Waals surface area contributed by atoms with Crippen LogP contribution in [0.3, 0.4) is 0 Å². The second-order valence-corrected chi connectivity index (χ2v) is 5.19. The van der Waals surface area contributed by atoms with Crippen LogP contribution in [-0.2, 0) is 4.79 Å². The monoisotopic (exact) mass is 268 g/mol. The first-order valence-electron chi connectivity index (χ1n) is 6.29. The number of hydrogen-bond acceptors (Lipinski definition) is 2. The van der Waals surface area contributed by atoms with E-state index in [9.17, 15) is 4.79 Å². The third-order valence-corrected chi connectivity index (χ3v) is 3.63. The van der Waals surface area contributed by atoms with Gasteiger partial charge < -0.3 is 9.84 Å². The van der Waals surface area contributed by atoms with Crippen molar-refractivity contribution in [3.05, 3.63) is 29.3 Å². The lowest BCUT2D eigenvalue weighted by atomic mass is 9.84. The molecule has 18 heavy (non-hydrogen) atoms. The van der Waals surface area contributed by atoms with Crippen LogP contribution in [0.15, 0.2) is 24.3 Å². The smallest absolute Gasteiger partial charge is 0.303 e. The maximum atomic E-state index is 10.8. The predicted octanol–water partition coefficient (Wildman–Crippen LogP) is 3.75. The van der Waals surface area contributed by atoms with Crippen molar-refractivity contribution in [3.8, 4) is 5.75 Å². The SMILES string of the molecule is O=C(O)CC1CCCCC1Oc1ccc(Cl)cc1. The standard InChI is InChI=1S/C14H17ClO3/c15-11-5-7-12(8-6-11)18-13-4-2-1-3-10(13)9-14(16)17/h5-8,10,13H,1-4,9H2,(H,16,17). The number of aliphatic carboxylic acids is 1. The van der Waals surface area contributed by atoms with Crippen molar-refractivity contribution in [2.24, 2.45) is 5.92 Å². The highest BCUT2D eigenvalue weighted by Crippen LogP contribution is 2.31. The highest BCUT2D eigenvalue weighted by molar-refractivity contribution is 6.30. The molecule has 2 rings (SSSR count). The van der Waals surface area contributed by atoms with Gasteiger partial charge >= 0.3 is 5.97 Å². The highest BCUT2D eigenvalue weighted by atomic mass is 35.5. The lowest BCUT2D eigenvalue weighted by Crippen LogP contribution is -2.32. The molecule has 2 unspecified atom stereocenters. The Labute approximate surface area is 112 Å². The van der Waals surface area contributed by atoms with Gasteiger partial charge in [0.25, 0.3) is 0 Å². The number of ether oxygens (including phenoxy) is 1. The molecular formula is C14H17ClO3. The third kappa shape index (κ3) is 3.64. The number of rotatable bonds is 4. The first-order chi connectivity index (χ1) is 8.65. The van der Waals surface area contributed by atoms with Crippen LogP contribution in [0, 0.1) is 5.92 Å². The van der Waals surface area contributed by atoms with E-state index in [0.29, 0.717) is 5.02 Å². The van der Waals surface area contributed by atoms with E-state index in [1.54, 1.807) is 12.1 Å². The summed E-state index contributed by atoms with van der Waals surface area (Å²) in [5.41, 5.74) is 0. The zero-order valence-corrected chi connectivity index (χ0v) is 10.9. The van der Waals surface area contributed by atoms with E-state index in [0.717, 1.165) is 31.4 Å². The first kappa shape index (κ1) is 13.2. The lowest BCUT2D eigenvalue weighted by Gasteiger charge is -2.31. The van der Waals surface area contributed by atoms with Gasteiger partial charge in [-0.05, 0) is 43.5 Å². The summed E-state index contributed by atoms with van der Waals surface area (Å²) in [6.45, 7) is 0. The minimum absolute atomic E-state index is 0.0102. The number of hydrogen-bond donors (Lipinski definition) is 1.